The number of H-pyrrole nitrogens is 1. The van der Waals surface area contributed by atoms with Gasteiger partial charge in [-0.1, -0.05) is 0 Å². The van der Waals surface area contributed by atoms with Gasteiger partial charge in [0.25, 0.3) is 6.47 Å². The van der Waals surface area contributed by atoms with Crippen LogP contribution < -0.4 is 5.73 Å². The molecule has 1 unspecified atom stereocenters. The molecule has 0 aliphatic heterocycles. The molecule has 0 bridgehead atoms. The Kier molecular flexibility index (Phi) is 2.62. The number of aromatic nitrogens is 2. The Morgan fingerprint density at radius 3 is 3.27 bits per heavy atom. The molecule has 60 valence electrons. The van der Waals surface area contributed by atoms with Gasteiger partial charge in [0, 0.05) is 12.4 Å². The van der Waals surface area contributed by atoms with Crippen LogP contribution in [0.2, 0.25) is 0 Å². The first-order chi connectivity index (χ1) is 5.33. The summed E-state index contributed by atoms with van der Waals surface area (Å²) < 4.78 is 4.45. The van der Waals surface area contributed by atoms with E-state index < -0.39 is 6.23 Å². The van der Waals surface area contributed by atoms with Gasteiger partial charge in [0.15, 0.2) is 6.23 Å². The molecule has 5 nitrogen and oxygen atoms in total. The Morgan fingerprint density at radius 1 is 1.91 bits per heavy atom. The van der Waals surface area contributed by atoms with Crippen LogP contribution in [0, 0.1) is 0 Å². The van der Waals surface area contributed by atoms with Crippen molar-refractivity contribution in [1.29, 1.82) is 0 Å². The maximum absolute atomic E-state index is 9.81. The smallest absolute Gasteiger partial charge is 0.294 e. The second kappa shape index (κ2) is 3.72. The quantitative estimate of drug-likeness (QED) is 0.450. The molecule has 0 aliphatic rings. The van der Waals surface area contributed by atoms with Crippen LogP contribution in [-0.4, -0.2) is 22.7 Å². The topological polar surface area (TPSA) is 81.0 Å². The Labute approximate surface area is 63.6 Å². The first-order valence-corrected chi connectivity index (χ1v) is 3.16. The van der Waals surface area contributed by atoms with Crippen molar-refractivity contribution in [2.45, 2.75) is 12.6 Å². The second-order valence-corrected chi connectivity index (χ2v) is 2.01. The van der Waals surface area contributed by atoms with Crippen molar-refractivity contribution in [2.75, 3.05) is 0 Å². The van der Waals surface area contributed by atoms with Crippen molar-refractivity contribution < 1.29 is 9.53 Å². The molecule has 1 heterocycles. The van der Waals surface area contributed by atoms with Crippen LogP contribution in [0.4, 0.5) is 0 Å². The molecule has 0 radical (unpaired) electrons. The second-order valence-electron chi connectivity index (χ2n) is 2.01. The fourth-order valence-electron chi connectivity index (χ4n) is 0.720. The number of nitrogens with two attached hydrogens (primary N) is 1. The highest BCUT2D eigenvalue weighted by Gasteiger charge is 2.04. The summed E-state index contributed by atoms with van der Waals surface area (Å²) in [6, 6.07) is 0. The molecule has 1 aromatic rings. The van der Waals surface area contributed by atoms with Crippen LogP contribution >= 0.6 is 0 Å². The summed E-state index contributed by atoms with van der Waals surface area (Å²) in [5, 5.41) is 0. The zero-order valence-corrected chi connectivity index (χ0v) is 5.86. The molecule has 0 saturated heterocycles. The first-order valence-electron chi connectivity index (χ1n) is 3.16. The van der Waals surface area contributed by atoms with Crippen molar-refractivity contribution in [3.05, 3.63) is 18.2 Å². The lowest BCUT2D eigenvalue weighted by Crippen LogP contribution is -2.26. The molecule has 1 rings (SSSR count). The van der Waals surface area contributed by atoms with Crippen molar-refractivity contribution in [3.63, 3.8) is 0 Å². The lowest BCUT2D eigenvalue weighted by molar-refractivity contribution is -0.133. The van der Waals surface area contributed by atoms with Crippen LogP contribution in [0.25, 0.3) is 0 Å². The summed E-state index contributed by atoms with van der Waals surface area (Å²) in [6.45, 7) is 0.327. The minimum absolute atomic E-state index is 0.327. The number of carbonyl (C=O) groups is 1. The van der Waals surface area contributed by atoms with E-state index in [4.69, 9.17) is 5.73 Å². The van der Waals surface area contributed by atoms with Gasteiger partial charge in [-0.2, -0.15) is 0 Å². The van der Waals surface area contributed by atoms with Gasteiger partial charge < -0.3 is 9.72 Å². The van der Waals surface area contributed by atoms with Crippen LogP contribution in [0.1, 0.15) is 5.82 Å². The fourth-order valence-corrected chi connectivity index (χ4v) is 0.720. The van der Waals surface area contributed by atoms with Gasteiger partial charge in [0.2, 0.25) is 0 Å². The van der Waals surface area contributed by atoms with E-state index in [1.54, 1.807) is 12.4 Å². The van der Waals surface area contributed by atoms with E-state index in [0.717, 1.165) is 0 Å². The lowest BCUT2D eigenvalue weighted by atomic mass is 10.4. The number of imidazole rings is 1. The van der Waals surface area contributed by atoms with Gasteiger partial charge >= 0.3 is 0 Å². The summed E-state index contributed by atoms with van der Waals surface area (Å²) in [4.78, 5) is 16.6. The lowest BCUT2D eigenvalue weighted by Gasteiger charge is -2.05. The minimum Gasteiger partial charge on any atom is -0.449 e. The molecule has 0 fully saturated rings. The van der Waals surface area contributed by atoms with Crippen LogP contribution in [0.15, 0.2) is 12.4 Å². The van der Waals surface area contributed by atoms with E-state index in [1.807, 2.05) is 0 Å². The third-order valence-electron chi connectivity index (χ3n) is 1.18. The van der Waals surface area contributed by atoms with Gasteiger partial charge in [0.05, 0.1) is 6.42 Å². The van der Waals surface area contributed by atoms with Gasteiger partial charge in [-0.05, 0) is 0 Å². The molecule has 5 heteroatoms. The maximum Gasteiger partial charge on any atom is 0.294 e. The molecule has 0 aromatic carbocycles. The van der Waals surface area contributed by atoms with E-state index in [-0.39, 0.29) is 0 Å². The highest BCUT2D eigenvalue weighted by molar-refractivity contribution is 5.37. The van der Waals surface area contributed by atoms with Gasteiger partial charge in [-0.3, -0.25) is 10.5 Å². The number of hydrogen-bond acceptors (Lipinski definition) is 4. The monoisotopic (exact) mass is 155 g/mol. The predicted octanol–water partition coefficient (Wildman–Crippen LogP) is -0.590. The number of aromatic amines is 1. The van der Waals surface area contributed by atoms with Gasteiger partial charge in [0.1, 0.15) is 5.82 Å². The number of hydrogen-bond donors (Lipinski definition) is 2. The number of rotatable bonds is 4. The molecule has 11 heavy (non-hydrogen) atoms. The first kappa shape index (κ1) is 7.74. The van der Waals surface area contributed by atoms with Crippen molar-refractivity contribution in [3.8, 4) is 0 Å². The van der Waals surface area contributed by atoms with E-state index in [1.165, 1.54) is 0 Å². The summed E-state index contributed by atoms with van der Waals surface area (Å²) in [7, 11) is 0. The van der Waals surface area contributed by atoms with E-state index in [0.29, 0.717) is 18.7 Å². The molecule has 3 N–H and O–H groups in total. The SMILES string of the molecule is NC(Cc1ncc[nH]1)OC=O. The predicted molar refractivity (Wildman–Crippen MR) is 37.4 cm³/mol. The standard InChI is InChI=1S/C6H9N3O2/c7-5(11-4-10)3-6-8-1-2-9-6/h1-2,4-5H,3,7H2,(H,8,9). The van der Waals surface area contributed by atoms with Crippen molar-refractivity contribution >= 4 is 6.47 Å². The largest absolute Gasteiger partial charge is 0.449 e. The Balaban J connectivity index is 2.37. The average Bonchev–Trinajstić information content (AvgIpc) is 2.40. The zero-order chi connectivity index (χ0) is 8.10. The minimum atomic E-state index is -0.612. The maximum atomic E-state index is 9.81. The van der Waals surface area contributed by atoms with Crippen molar-refractivity contribution in [2.24, 2.45) is 5.73 Å². The number of ether oxygens (including phenoxy) is 1. The molecule has 0 saturated carbocycles. The molecule has 0 aliphatic carbocycles. The number of nitrogens with zero attached hydrogens (tertiary/aromatic N) is 1. The van der Waals surface area contributed by atoms with Crippen LogP contribution in [-0.2, 0) is 16.0 Å². The molecule has 1 atom stereocenters. The zero-order valence-electron chi connectivity index (χ0n) is 5.86. The molecule has 1 aromatic heterocycles. The van der Waals surface area contributed by atoms with Crippen LogP contribution in [0.5, 0.6) is 0 Å². The summed E-state index contributed by atoms with van der Waals surface area (Å²) in [5.74, 6) is 0.708. The number of nitrogens with one attached hydrogen (secondary N) is 1. The fraction of sp³-hybridized carbons (Fsp3) is 0.333. The molecule has 0 spiro atoms. The van der Waals surface area contributed by atoms with Gasteiger partial charge in [-0.25, -0.2) is 4.98 Å². The average molecular weight is 155 g/mol. The molecular formula is C6H9N3O2. The normalized spacial score (nSPS) is 12.5. The Hall–Kier alpha value is -1.36. The third-order valence-corrected chi connectivity index (χ3v) is 1.18. The van der Waals surface area contributed by atoms with E-state index in [9.17, 15) is 4.79 Å². The van der Waals surface area contributed by atoms with Gasteiger partial charge in [-0.15, -0.1) is 0 Å². The summed E-state index contributed by atoms with van der Waals surface area (Å²) in [6.07, 6.45) is 3.09. The molecule has 0 amide bonds. The summed E-state index contributed by atoms with van der Waals surface area (Å²) >= 11 is 0. The third kappa shape index (κ3) is 2.38. The Bertz CT molecular complexity index is 210. The van der Waals surface area contributed by atoms with E-state index in [2.05, 4.69) is 14.7 Å². The summed E-state index contributed by atoms with van der Waals surface area (Å²) in [5.41, 5.74) is 5.36. The number of carbonyl (C=O) groups excluding carboxylic acids is 1. The highest BCUT2D eigenvalue weighted by Crippen LogP contribution is 1.93. The van der Waals surface area contributed by atoms with E-state index >= 15 is 0 Å². The van der Waals surface area contributed by atoms with Crippen molar-refractivity contribution in [1.82, 2.24) is 9.97 Å². The highest BCUT2D eigenvalue weighted by atomic mass is 16.5. The molecular weight excluding hydrogens is 146 g/mol. The van der Waals surface area contributed by atoms with Crippen LogP contribution in [0.3, 0.4) is 0 Å². The Morgan fingerprint density at radius 2 is 2.73 bits per heavy atom.